The van der Waals surface area contributed by atoms with Crippen LogP contribution in [0.4, 0.5) is 5.82 Å². The topological polar surface area (TPSA) is 119 Å². The molecule has 9 nitrogen and oxygen atoms in total. The molecule has 2 aliphatic heterocycles. The number of primary amides is 1. The maximum absolute atomic E-state index is 13.3. The number of nitrogens with two attached hydrogens (primary N) is 1. The second kappa shape index (κ2) is 11.3. The summed E-state index contributed by atoms with van der Waals surface area (Å²) < 4.78 is 0. The zero-order valence-electron chi connectivity index (χ0n) is 26.3. The molecule has 1 spiro atoms. The van der Waals surface area contributed by atoms with E-state index in [0.717, 1.165) is 57.1 Å². The van der Waals surface area contributed by atoms with Gasteiger partial charge < -0.3 is 16.0 Å². The molecule has 1 aromatic carbocycles. The molecule has 10 heteroatoms. The van der Waals surface area contributed by atoms with E-state index in [1.807, 2.05) is 24.3 Å². The van der Waals surface area contributed by atoms with Gasteiger partial charge >= 0.3 is 0 Å². The van der Waals surface area contributed by atoms with E-state index >= 15 is 0 Å². The highest BCUT2D eigenvalue weighted by molar-refractivity contribution is 6.31. The quantitative estimate of drug-likeness (QED) is 0.464. The van der Waals surface area contributed by atoms with Gasteiger partial charge in [0.1, 0.15) is 11.9 Å². The molecular weight excluding hydrogens is 574 g/mol. The lowest BCUT2D eigenvalue weighted by Gasteiger charge is -2.64. The van der Waals surface area contributed by atoms with E-state index in [4.69, 9.17) is 17.3 Å². The molecule has 0 bridgehead atoms. The molecule has 44 heavy (non-hydrogen) atoms. The largest absolute Gasteiger partial charge is 0.369 e. The Morgan fingerprint density at radius 1 is 1.07 bits per heavy atom. The molecule has 0 atom stereocenters. The van der Waals surface area contributed by atoms with Crippen LogP contribution in [0.3, 0.4) is 0 Å². The van der Waals surface area contributed by atoms with E-state index < -0.39 is 0 Å². The number of halogens is 1. The van der Waals surface area contributed by atoms with E-state index in [1.165, 1.54) is 12.8 Å². The summed E-state index contributed by atoms with van der Waals surface area (Å²) in [5.41, 5.74) is 7.68. The van der Waals surface area contributed by atoms with Crippen LogP contribution >= 0.6 is 11.6 Å². The van der Waals surface area contributed by atoms with Crippen LogP contribution in [0.5, 0.6) is 0 Å². The Hall–Kier alpha value is -3.19. The first-order chi connectivity index (χ1) is 20.8. The third-order valence-corrected chi connectivity index (χ3v) is 11.5. The molecule has 2 aliphatic carbocycles. The van der Waals surface area contributed by atoms with Crippen molar-refractivity contribution in [1.29, 1.82) is 5.26 Å². The predicted octanol–water partition coefficient (Wildman–Crippen LogP) is 3.70. The van der Waals surface area contributed by atoms with Crippen LogP contribution in [0, 0.1) is 33.5 Å². The fourth-order valence-corrected chi connectivity index (χ4v) is 9.19. The zero-order chi connectivity index (χ0) is 31.4. The summed E-state index contributed by atoms with van der Waals surface area (Å²) in [5.74, 6) is 0.927. The predicted molar refractivity (Wildman–Crippen MR) is 171 cm³/mol. The molecule has 4 fully saturated rings. The number of amides is 2. The second-order valence-corrected chi connectivity index (χ2v) is 15.2. The van der Waals surface area contributed by atoms with E-state index in [0.29, 0.717) is 40.1 Å². The van der Waals surface area contributed by atoms with Gasteiger partial charge in [-0.15, -0.1) is 0 Å². The number of hydrogen-bond donors (Lipinski definition) is 2. The molecular formula is C34H44ClN7O2. The van der Waals surface area contributed by atoms with Gasteiger partial charge in [0, 0.05) is 63.0 Å². The fraction of sp³-hybridized carbons (Fsp3) is 0.588. The molecule has 234 valence electrons. The summed E-state index contributed by atoms with van der Waals surface area (Å²) >= 11 is 6.30. The lowest BCUT2D eigenvalue weighted by molar-refractivity contribution is -0.121. The van der Waals surface area contributed by atoms with Gasteiger partial charge in [0.15, 0.2) is 0 Å². The van der Waals surface area contributed by atoms with Crippen LogP contribution in [0.1, 0.15) is 62.0 Å². The summed E-state index contributed by atoms with van der Waals surface area (Å²) in [6.07, 6.45) is 4.97. The first-order valence-electron chi connectivity index (χ1n) is 15.8. The van der Waals surface area contributed by atoms with E-state index in [1.54, 1.807) is 12.3 Å². The Morgan fingerprint density at radius 3 is 2.32 bits per heavy atom. The number of anilines is 1. The fourth-order valence-electron chi connectivity index (χ4n) is 8.94. The standard InChI is InChI=1S/C34H44ClN7O2/c1-32(2)27(14-22-5-6-23(17-36)26(35)13-22)33(3,4)31(32)39-30(44)24-7-8-29(38-18-24)42-20-34(21-42)15-25(16-34)41-11-9-40(10-12-41)19-28(37)43/h5-8,13,18,25,27,31H,9-12,14-16,19-21H2,1-4H3,(H2,37,43)(H,39,44). The molecule has 2 saturated heterocycles. The van der Waals surface area contributed by atoms with Gasteiger partial charge in [0.05, 0.1) is 22.7 Å². The monoisotopic (exact) mass is 617 g/mol. The van der Waals surface area contributed by atoms with Gasteiger partial charge in [-0.05, 0) is 65.8 Å². The normalized spacial score (nSPS) is 25.8. The van der Waals surface area contributed by atoms with Crippen molar-refractivity contribution < 1.29 is 9.59 Å². The van der Waals surface area contributed by atoms with Crippen molar-refractivity contribution in [2.75, 3.05) is 50.7 Å². The molecule has 4 aliphatic rings. The molecule has 6 rings (SSSR count). The van der Waals surface area contributed by atoms with Crippen molar-refractivity contribution in [3.8, 4) is 6.07 Å². The Bertz CT molecular complexity index is 1450. The number of nitrogens with zero attached hydrogens (tertiary/aromatic N) is 5. The molecule has 2 saturated carbocycles. The Morgan fingerprint density at radius 2 is 1.75 bits per heavy atom. The smallest absolute Gasteiger partial charge is 0.253 e. The lowest BCUT2D eigenvalue weighted by Crippen LogP contribution is -2.70. The van der Waals surface area contributed by atoms with E-state index in [2.05, 4.69) is 58.8 Å². The van der Waals surface area contributed by atoms with E-state index in [-0.39, 0.29) is 28.7 Å². The SMILES string of the molecule is CC1(C)C(Cc2ccc(C#N)c(Cl)c2)C(C)(C)C1NC(=O)c1ccc(N2CC3(CC(N4CCN(CC(N)=O)CC4)C3)C2)nc1. The van der Waals surface area contributed by atoms with Crippen LogP contribution in [0.2, 0.25) is 5.02 Å². The minimum atomic E-state index is -0.249. The molecule has 3 heterocycles. The lowest BCUT2D eigenvalue weighted by atomic mass is 9.43. The summed E-state index contributed by atoms with van der Waals surface area (Å²) in [5, 5.41) is 13.0. The Balaban J connectivity index is 0.984. The van der Waals surface area contributed by atoms with Crippen molar-refractivity contribution in [3.63, 3.8) is 0 Å². The van der Waals surface area contributed by atoms with E-state index in [9.17, 15) is 14.9 Å². The van der Waals surface area contributed by atoms with Gasteiger partial charge in [-0.2, -0.15) is 5.26 Å². The third-order valence-electron chi connectivity index (χ3n) is 11.2. The second-order valence-electron chi connectivity index (χ2n) is 14.8. The van der Waals surface area contributed by atoms with Crippen LogP contribution in [0.15, 0.2) is 36.5 Å². The third kappa shape index (κ3) is 5.57. The number of carbonyl (C=O) groups excluding carboxylic acids is 2. The number of carbonyl (C=O) groups is 2. The average Bonchev–Trinajstić information content (AvgIpc) is 2.93. The first-order valence-corrected chi connectivity index (χ1v) is 16.1. The molecule has 0 radical (unpaired) electrons. The minimum Gasteiger partial charge on any atom is -0.369 e. The highest BCUT2D eigenvalue weighted by Crippen LogP contribution is 2.60. The molecule has 0 unspecified atom stereocenters. The van der Waals surface area contributed by atoms with Crippen LogP contribution < -0.4 is 16.0 Å². The molecule has 3 N–H and O–H groups in total. The molecule has 1 aromatic heterocycles. The highest BCUT2D eigenvalue weighted by atomic mass is 35.5. The van der Waals surface area contributed by atoms with Gasteiger partial charge in [0.25, 0.3) is 5.91 Å². The molecule has 2 aromatic rings. The number of nitriles is 1. The van der Waals surface area contributed by atoms with Crippen molar-refractivity contribution in [3.05, 3.63) is 58.2 Å². The minimum absolute atomic E-state index is 0.00830. The summed E-state index contributed by atoms with van der Waals surface area (Å²) in [4.78, 5) is 36.3. The van der Waals surface area contributed by atoms with Crippen molar-refractivity contribution in [2.24, 2.45) is 27.9 Å². The van der Waals surface area contributed by atoms with Crippen LogP contribution in [-0.2, 0) is 11.2 Å². The Labute approximate surface area is 265 Å². The summed E-state index contributed by atoms with van der Waals surface area (Å²) in [6, 6.07) is 12.3. The summed E-state index contributed by atoms with van der Waals surface area (Å²) in [7, 11) is 0. The number of piperazine rings is 1. The highest BCUT2D eigenvalue weighted by Gasteiger charge is 2.61. The van der Waals surface area contributed by atoms with Crippen molar-refractivity contribution in [1.82, 2.24) is 20.1 Å². The summed E-state index contributed by atoms with van der Waals surface area (Å²) in [6.45, 7) is 15.1. The van der Waals surface area contributed by atoms with Gasteiger partial charge in [-0.3, -0.25) is 19.4 Å². The first kappa shape index (κ1) is 30.8. The Kier molecular flexibility index (Phi) is 7.92. The van der Waals surface area contributed by atoms with Gasteiger partial charge in [-0.1, -0.05) is 45.4 Å². The van der Waals surface area contributed by atoms with Crippen LogP contribution in [0.25, 0.3) is 0 Å². The number of pyridine rings is 1. The average molecular weight is 618 g/mol. The number of benzene rings is 1. The van der Waals surface area contributed by atoms with Gasteiger partial charge in [0.2, 0.25) is 5.91 Å². The number of aromatic nitrogens is 1. The number of rotatable bonds is 8. The number of hydrogen-bond acceptors (Lipinski definition) is 7. The maximum Gasteiger partial charge on any atom is 0.253 e. The van der Waals surface area contributed by atoms with Crippen LogP contribution in [-0.4, -0.2) is 84.5 Å². The van der Waals surface area contributed by atoms with Crippen molar-refractivity contribution in [2.45, 2.75) is 59.0 Å². The van der Waals surface area contributed by atoms with Gasteiger partial charge in [-0.25, -0.2) is 4.98 Å². The zero-order valence-corrected chi connectivity index (χ0v) is 27.0. The number of nitrogens with one attached hydrogen (secondary N) is 1. The molecule has 2 amide bonds. The maximum atomic E-state index is 13.3. The van der Waals surface area contributed by atoms with Crippen molar-refractivity contribution >= 4 is 29.2 Å².